The average molecular weight is 290 g/mol. The van der Waals surface area contributed by atoms with Crippen molar-refractivity contribution in [2.45, 2.75) is 12.5 Å². The third-order valence-electron chi connectivity index (χ3n) is 4.01. The Morgan fingerprint density at radius 3 is 2.23 bits per heavy atom. The van der Waals surface area contributed by atoms with Crippen molar-refractivity contribution in [3.8, 4) is 11.8 Å². The lowest BCUT2D eigenvalue weighted by Crippen LogP contribution is -2.44. The summed E-state index contributed by atoms with van der Waals surface area (Å²) in [5.41, 5.74) is 2.58. The predicted molar refractivity (Wildman–Crippen MR) is 91.5 cm³/mol. The molecule has 0 bridgehead atoms. The van der Waals surface area contributed by atoms with E-state index in [4.69, 9.17) is 0 Å². The zero-order chi connectivity index (χ0) is 15.0. The molecule has 1 unspecified atom stereocenters. The van der Waals surface area contributed by atoms with Gasteiger partial charge in [0, 0.05) is 32.6 Å². The predicted octanol–water partition coefficient (Wildman–Crippen LogP) is 2.88. The zero-order valence-corrected chi connectivity index (χ0v) is 12.8. The summed E-state index contributed by atoms with van der Waals surface area (Å²) in [4.78, 5) is 2.48. The molecule has 1 heterocycles. The number of hydrogen-bond acceptors (Lipinski definition) is 2. The van der Waals surface area contributed by atoms with Gasteiger partial charge in [-0.05, 0) is 11.1 Å². The summed E-state index contributed by atoms with van der Waals surface area (Å²) in [5.74, 6) is 6.89. The molecule has 1 saturated heterocycles. The molecule has 1 atom stereocenters. The molecule has 0 amide bonds. The number of piperazine rings is 1. The molecule has 0 radical (unpaired) electrons. The number of benzene rings is 2. The van der Waals surface area contributed by atoms with Crippen LogP contribution in [0.5, 0.6) is 0 Å². The topological polar surface area (TPSA) is 15.3 Å². The summed E-state index contributed by atoms with van der Waals surface area (Å²) in [7, 11) is 0. The molecule has 1 aliphatic heterocycles. The summed E-state index contributed by atoms with van der Waals surface area (Å²) < 4.78 is 0. The number of nitrogens with one attached hydrogen (secondary N) is 1. The van der Waals surface area contributed by atoms with Crippen LogP contribution in [-0.2, 0) is 6.42 Å². The van der Waals surface area contributed by atoms with Gasteiger partial charge in [0.25, 0.3) is 0 Å². The van der Waals surface area contributed by atoms with Crippen molar-refractivity contribution in [3.05, 3.63) is 71.8 Å². The largest absolute Gasteiger partial charge is 0.314 e. The molecule has 1 fully saturated rings. The van der Waals surface area contributed by atoms with E-state index < -0.39 is 0 Å². The summed E-state index contributed by atoms with van der Waals surface area (Å²) in [6.45, 7) is 4.20. The summed E-state index contributed by atoms with van der Waals surface area (Å²) in [6.07, 6.45) is 0.816. The van der Waals surface area contributed by atoms with Crippen molar-refractivity contribution in [3.63, 3.8) is 0 Å². The maximum Gasteiger partial charge on any atom is 0.0971 e. The quantitative estimate of drug-likeness (QED) is 0.875. The molecule has 0 spiro atoms. The van der Waals surface area contributed by atoms with Gasteiger partial charge in [-0.25, -0.2) is 0 Å². The second-order valence-corrected chi connectivity index (χ2v) is 5.58. The van der Waals surface area contributed by atoms with Crippen molar-refractivity contribution in [1.29, 1.82) is 0 Å². The van der Waals surface area contributed by atoms with E-state index in [9.17, 15) is 0 Å². The lowest BCUT2D eigenvalue weighted by molar-refractivity contribution is 0.209. The molecule has 2 nitrogen and oxygen atoms in total. The molecule has 0 saturated carbocycles. The van der Waals surface area contributed by atoms with Crippen molar-refractivity contribution in [2.75, 3.05) is 26.2 Å². The van der Waals surface area contributed by atoms with Gasteiger partial charge in [-0.15, -0.1) is 0 Å². The highest BCUT2D eigenvalue weighted by Crippen LogP contribution is 2.20. The van der Waals surface area contributed by atoms with Crippen LogP contribution < -0.4 is 5.32 Å². The van der Waals surface area contributed by atoms with E-state index in [1.165, 1.54) is 11.1 Å². The fourth-order valence-electron chi connectivity index (χ4n) is 2.81. The van der Waals surface area contributed by atoms with E-state index in [0.717, 1.165) is 32.6 Å². The molecule has 0 aliphatic carbocycles. The highest BCUT2D eigenvalue weighted by molar-refractivity contribution is 5.29. The van der Waals surface area contributed by atoms with E-state index in [0.29, 0.717) is 0 Å². The van der Waals surface area contributed by atoms with Crippen LogP contribution >= 0.6 is 0 Å². The van der Waals surface area contributed by atoms with Crippen LogP contribution in [0.2, 0.25) is 0 Å². The van der Waals surface area contributed by atoms with Gasteiger partial charge in [0.05, 0.1) is 6.04 Å². The fraction of sp³-hybridized carbons (Fsp3) is 0.300. The smallest absolute Gasteiger partial charge is 0.0971 e. The second-order valence-electron chi connectivity index (χ2n) is 5.58. The fourth-order valence-corrected chi connectivity index (χ4v) is 2.81. The minimum atomic E-state index is 0.201. The minimum absolute atomic E-state index is 0.201. The van der Waals surface area contributed by atoms with E-state index in [1.54, 1.807) is 0 Å². The first-order valence-electron chi connectivity index (χ1n) is 7.95. The molecule has 1 N–H and O–H groups in total. The van der Waals surface area contributed by atoms with E-state index >= 15 is 0 Å². The molecular formula is C20H22N2. The molecule has 1 aliphatic rings. The Hall–Kier alpha value is -2.08. The van der Waals surface area contributed by atoms with Crippen LogP contribution in [0.3, 0.4) is 0 Å². The third-order valence-corrected chi connectivity index (χ3v) is 4.01. The maximum atomic E-state index is 3.50. The van der Waals surface area contributed by atoms with Gasteiger partial charge in [-0.2, -0.15) is 0 Å². The van der Waals surface area contributed by atoms with Gasteiger partial charge < -0.3 is 5.32 Å². The Morgan fingerprint density at radius 1 is 0.909 bits per heavy atom. The number of rotatable bonds is 3. The summed E-state index contributed by atoms with van der Waals surface area (Å²) in [5, 5.41) is 3.41. The van der Waals surface area contributed by atoms with Crippen LogP contribution in [0.4, 0.5) is 0 Å². The first kappa shape index (κ1) is 14.8. The first-order chi connectivity index (χ1) is 10.9. The lowest BCUT2D eigenvalue weighted by Gasteiger charge is -2.32. The summed E-state index contributed by atoms with van der Waals surface area (Å²) in [6, 6.07) is 21.3. The Labute approximate surface area is 133 Å². The Balaban J connectivity index is 1.77. The third kappa shape index (κ3) is 3.98. The van der Waals surface area contributed by atoms with Crippen LogP contribution in [0.25, 0.3) is 0 Å². The van der Waals surface area contributed by atoms with Crippen LogP contribution in [-0.4, -0.2) is 31.1 Å². The maximum absolute atomic E-state index is 3.50. The standard InChI is InChI=1S/C20H22N2/c1-3-8-18(9-4-1)10-7-13-20(19-11-5-2-6-12-19)22-16-14-21-15-17-22/h1-6,8-9,11-12,20-21H,10,14-17H2. The Bertz CT molecular complexity index is 619. The molecule has 2 heteroatoms. The Morgan fingerprint density at radius 2 is 1.55 bits per heavy atom. The zero-order valence-electron chi connectivity index (χ0n) is 12.8. The summed E-state index contributed by atoms with van der Waals surface area (Å²) >= 11 is 0. The lowest BCUT2D eigenvalue weighted by atomic mass is 10.0. The molecule has 112 valence electrons. The highest BCUT2D eigenvalue weighted by atomic mass is 15.2. The normalized spacial score (nSPS) is 16.5. The molecule has 22 heavy (non-hydrogen) atoms. The molecule has 0 aromatic heterocycles. The van der Waals surface area contributed by atoms with Gasteiger partial charge in [-0.1, -0.05) is 72.5 Å². The van der Waals surface area contributed by atoms with Gasteiger partial charge in [0.2, 0.25) is 0 Å². The molecule has 3 rings (SSSR count). The first-order valence-corrected chi connectivity index (χ1v) is 7.95. The van der Waals surface area contributed by atoms with E-state index in [-0.39, 0.29) is 6.04 Å². The van der Waals surface area contributed by atoms with Gasteiger partial charge in [-0.3, -0.25) is 4.90 Å². The monoisotopic (exact) mass is 290 g/mol. The molecule has 2 aromatic carbocycles. The van der Waals surface area contributed by atoms with Crippen LogP contribution in [0, 0.1) is 11.8 Å². The number of hydrogen-bond donors (Lipinski definition) is 1. The second kappa shape index (κ2) is 7.79. The average Bonchev–Trinajstić information content (AvgIpc) is 2.61. The van der Waals surface area contributed by atoms with Crippen molar-refractivity contribution < 1.29 is 0 Å². The van der Waals surface area contributed by atoms with E-state index in [2.05, 4.69) is 76.7 Å². The van der Waals surface area contributed by atoms with Gasteiger partial charge in [0.15, 0.2) is 0 Å². The van der Waals surface area contributed by atoms with Gasteiger partial charge >= 0.3 is 0 Å². The van der Waals surface area contributed by atoms with E-state index in [1.807, 2.05) is 6.07 Å². The number of nitrogens with zero attached hydrogens (tertiary/aromatic N) is 1. The van der Waals surface area contributed by atoms with Crippen LogP contribution in [0.15, 0.2) is 60.7 Å². The van der Waals surface area contributed by atoms with Crippen molar-refractivity contribution >= 4 is 0 Å². The van der Waals surface area contributed by atoms with Crippen molar-refractivity contribution in [2.24, 2.45) is 0 Å². The van der Waals surface area contributed by atoms with Crippen molar-refractivity contribution in [1.82, 2.24) is 10.2 Å². The molecular weight excluding hydrogens is 268 g/mol. The molecule has 2 aromatic rings. The highest BCUT2D eigenvalue weighted by Gasteiger charge is 2.19. The Kier molecular flexibility index (Phi) is 5.26. The minimum Gasteiger partial charge on any atom is -0.314 e. The van der Waals surface area contributed by atoms with Crippen LogP contribution in [0.1, 0.15) is 17.2 Å². The SMILES string of the molecule is C(#CC(c1ccccc1)N1CCNCC1)Cc1ccccc1. The van der Waals surface area contributed by atoms with Gasteiger partial charge in [0.1, 0.15) is 0 Å².